The summed E-state index contributed by atoms with van der Waals surface area (Å²) in [4.78, 5) is 9.48. The molecule has 0 unspecified atom stereocenters. The Labute approximate surface area is 154 Å². The third-order valence-corrected chi connectivity index (χ3v) is 3.19. The summed E-state index contributed by atoms with van der Waals surface area (Å²) in [6, 6.07) is 0. The number of piperazine rings is 1. The molecule has 0 aromatic rings. The second-order valence-corrected chi connectivity index (χ2v) is 6.32. The van der Waals surface area contributed by atoms with E-state index in [1.165, 1.54) is 4.90 Å². The molecule has 0 amide bonds. The lowest BCUT2D eigenvalue weighted by molar-refractivity contribution is 0.0512. The fraction of sp³-hybridized carbons (Fsp3) is 1.00. The average molecular weight is 370 g/mol. The maximum absolute atomic E-state index is 8.68. The molecule has 0 aliphatic carbocycles. The van der Waals surface area contributed by atoms with Crippen molar-refractivity contribution in [2.75, 3.05) is 102 Å². The van der Waals surface area contributed by atoms with E-state index < -0.39 is 0 Å². The van der Waals surface area contributed by atoms with Crippen molar-refractivity contribution in [2.45, 2.75) is 6.92 Å². The number of likely N-dealkylation sites (N-methyl/N-ethyl adjacent to an activating group) is 1. The molecule has 9 heteroatoms. The zero-order valence-electron chi connectivity index (χ0n) is 17.4. The van der Waals surface area contributed by atoms with Gasteiger partial charge in [-0.15, -0.1) is 0 Å². The molecule has 1 heterocycles. The van der Waals surface area contributed by atoms with Gasteiger partial charge in [0.15, 0.2) is 0 Å². The maximum Gasteiger partial charge on any atom is 0.0971 e. The lowest BCUT2D eigenvalue weighted by atomic mass is 10.3. The van der Waals surface area contributed by atoms with Gasteiger partial charge in [-0.2, -0.15) is 0 Å². The fourth-order valence-electron chi connectivity index (χ4n) is 1.03. The smallest absolute Gasteiger partial charge is 0.0971 e. The second-order valence-electron chi connectivity index (χ2n) is 6.32. The molecule has 0 atom stereocenters. The van der Waals surface area contributed by atoms with Gasteiger partial charge in [0.1, 0.15) is 0 Å². The normalized spacial score (nSPS) is 15.1. The molecule has 1 saturated heterocycles. The molecule has 0 radical (unpaired) electrons. The van der Waals surface area contributed by atoms with E-state index in [2.05, 4.69) is 37.9 Å². The Balaban J connectivity index is -0.000000270. The standard InChI is InChI=1S/C6H14N2O.C4H11N.C3H9NO2.C3H9NO/c1-7-2-4-8(6-9)5-3-7;1-4-5(2)3;1-4(2-5)3-6;1-4(2)3-5/h9H,2-6H2,1H3;4H2,1-3H3;5-6H,2-3H2,1H3;5H,3H2,1-2H3. The summed E-state index contributed by atoms with van der Waals surface area (Å²) in [7, 11) is 11.4. The van der Waals surface area contributed by atoms with Gasteiger partial charge >= 0.3 is 0 Å². The largest absolute Gasteiger partial charge is 0.381 e. The quantitative estimate of drug-likeness (QED) is 0.413. The highest BCUT2D eigenvalue weighted by Gasteiger charge is 2.11. The number of hydrogen-bond acceptors (Lipinski definition) is 9. The molecule has 0 aromatic heterocycles. The molecule has 1 fully saturated rings. The van der Waals surface area contributed by atoms with Crippen molar-refractivity contribution in [3.05, 3.63) is 0 Å². The van der Waals surface area contributed by atoms with Crippen LogP contribution in [-0.2, 0) is 0 Å². The Hall–Kier alpha value is -0.360. The SMILES string of the molecule is CCN(C)C.CN(C)CO.CN(CO)CO.CN1CCN(CO)CC1. The molecule has 0 saturated carbocycles. The summed E-state index contributed by atoms with van der Waals surface area (Å²) < 4.78 is 0. The van der Waals surface area contributed by atoms with Gasteiger partial charge in [0.25, 0.3) is 0 Å². The first-order valence-corrected chi connectivity index (χ1v) is 8.50. The molecule has 1 rings (SSSR count). The number of hydrogen-bond donors (Lipinski definition) is 4. The molecular formula is C16H43N5O4. The maximum atomic E-state index is 8.68. The predicted octanol–water partition coefficient (Wildman–Crippen LogP) is -1.93. The van der Waals surface area contributed by atoms with E-state index in [9.17, 15) is 0 Å². The van der Waals surface area contributed by atoms with Gasteiger partial charge in [0.2, 0.25) is 0 Å². The first-order valence-electron chi connectivity index (χ1n) is 8.50. The first-order chi connectivity index (χ1) is 11.7. The number of aliphatic hydroxyl groups excluding tert-OH is 4. The molecule has 9 nitrogen and oxygen atoms in total. The van der Waals surface area contributed by atoms with Gasteiger partial charge in [-0.3, -0.25) is 14.7 Å². The molecule has 156 valence electrons. The highest BCUT2D eigenvalue weighted by atomic mass is 16.3. The Morgan fingerprint density at radius 1 is 0.720 bits per heavy atom. The van der Waals surface area contributed by atoms with E-state index in [-0.39, 0.29) is 26.9 Å². The van der Waals surface area contributed by atoms with E-state index in [1.807, 2.05) is 4.90 Å². The summed E-state index contributed by atoms with van der Waals surface area (Å²) >= 11 is 0. The Bertz CT molecular complexity index is 229. The fourth-order valence-corrected chi connectivity index (χ4v) is 1.03. The number of nitrogens with zero attached hydrogens (tertiary/aromatic N) is 5. The highest BCUT2D eigenvalue weighted by molar-refractivity contribution is 4.65. The summed E-state index contributed by atoms with van der Waals surface area (Å²) in [6.45, 7) is 7.63. The molecule has 4 N–H and O–H groups in total. The van der Waals surface area contributed by atoms with E-state index in [0.29, 0.717) is 0 Å². The van der Waals surface area contributed by atoms with Gasteiger partial charge in [-0.05, 0) is 48.8 Å². The molecule has 25 heavy (non-hydrogen) atoms. The highest BCUT2D eigenvalue weighted by Crippen LogP contribution is 1.95. The first kappa shape index (κ1) is 29.4. The van der Waals surface area contributed by atoms with Crippen molar-refractivity contribution in [3.8, 4) is 0 Å². The van der Waals surface area contributed by atoms with Crippen LogP contribution in [0.3, 0.4) is 0 Å². The van der Waals surface area contributed by atoms with Crippen LogP contribution in [0.25, 0.3) is 0 Å². The minimum Gasteiger partial charge on any atom is -0.381 e. The zero-order valence-corrected chi connectivity index (χ0v) is 17.4. The summed E-state index contributed by atoms with van der Waals surface area (Å²) in [5.74, 6) is 0. The van der Waals surface area contributed by atoms with Crippen molar-refractivity contribution in [2.24, 2.45) is 0 Å². The van der Waals surface area contributed by atoms with E-state index in [4.69, 9.17) is 20.4 Å². The van der Waals surface area contributed by atoms with Gasteiger partial charge in [-0.25, -0.2) is 0 Å². The van der Waals surface area contributed by atoms with Crippen LogP contribution in [0.15, 0.2) is 0 Å². The van der Waals surface area contributed by atoms with Crippen molar-refractivity contribution in [3.63, 3.8) is 0 Å². The van der Waals surface area contributed by atoms with Crippen molar-refractivity contribution >= 4 is 0 Å². The molecule has 0 spiro atoms. The van der Waals surface area contributed by atoms with Crippen molar-refractivity contribution < 1.29 is 20.4 Å². The molecule has 0 bridgehead atoms. The summed E-state index contributed by atoms with van der Waals surface area (Å²) in [5, 5.41) is 33.0. The van der Waals surface area contributed by atoms with Crippen LogP contribution in [0.1, 0.15) is 6.92 Å². The lowest BCUT2D eigenvalue weighted by Crippen LogP contribution is -2.44. The predicted molar refractivity (Wildman–Crippen MR) is 103 cm³/mol. The number of aliphatic hydroxyl groups is 4. The van der Waals surface area contributed by atoms with Crippen LogP contribution in [0, 0.1) is 0 Å². The van der Waals surface area contributed by atoms with Crippen LogP contribution < -0.4 is 0 Å². The van der Waals surface area contributed by atoms with Gasteiger partial charge in [-0.1, -0.05) is 6.92 Å². The minimum atomic E-state index is -0.0868. The third kappa shape index (κ3) is 28.7. The molecular weight excluding hydrogens is 326 g/mol. The van der Waals surface area contributed by atoms with Gasteiger partial charge in [0.05, 0.1) is 26.9 Å². The monoisotopic (exact) mass is 369 g/mol. The Morgan fingerprint density at radius 2 is 1.08 bits per heavy atom. The topological polar surface area (TPSA) is 97.1 Å². The Morgan fingerprint density at radius 3 is 1.24 bits per heavy atom. The van der Waals surface area contributed by atoms with Crippen LogP contribution in [0.2, 0.25) is 0 Å². The van der Waals surface area contributed by atoms with Crippen LogP contribution >= 0.6 is 0 Å². The van der Waals surface area contributed by atoms with E-state index >= 15 is 0 Å². The number of rotatable bonds is 5. The third-order valence-electron chi connectivity index (χ3n) is 3.19. The summed E-state index contributed by atoms with van der Waals surface area (Å²) in [5.41, 5.74) is 0. The molecule has 0 aromatic carbocycles. The van der Waals surface area contributed by atoms with Gasteiger partial charge < -0.3 is 30.2 Å². The Kier molecular flexibility index (Phi) is 25.5. The van der Waals surface area contributed by atoms with Crippen LogP contribution in [-0.4, -0.2) is 147 Å². The van der Waals surface area contributed by atoms with Crippen molar-refractivity contribution in [1.82, 2.24) is 24.5 Å². The summed E-state index contributed by atoms with van der Waals surface area (Å²) in [6.07, 6.45) is 0. The van der Waals surface area contributed by atoms with Crippen molar-refractivity contribution in [1.29, 1.82) is 0 Å². The van der Waals surface area contributed by atoms with Crippen LogP contribution in [0.4, 0.5) is 0 Å². The molecule has 1 aliphatic rings. The second kappa shape index (κ2) is 21.7. The minimum absolute atomic E-state index is 0.0868. The zero-order chi connectivity index (χ0) is 20.3. The lowest BCUT2D eigenvalue weighted by Gasteiger charge is -2.30. The van der Waals surface area contributed by atoms with E-state index in [1.54, 1.807) is 26.0 Å². The van der Waals surface area contributed by atoms with Gasteiger partial charge in [0, 0.05) is 26.2 Å². The van der Waals surface area contributed by atoms with E-state index in [0.717, 1.165) is 32.7 Å². The molecule has 1 aliphatic heterocycles. The average Bonchev–Trinajstić information content (AvgIpc) is 2.63. The van der Waals surface area contributed by atoms with Crippen LogP contribution in [0.5, 0.6) is 0 Å².